The highest BCUT2D eigenvalue weighted by Crippen LogP contribution is 2.52. The van der Waals surface area contributed by atoms with E-state index in [9.17, 15) is 0 Å². The number of nitrogens with zero attached hydrogens (tertiary/aromatic N) is 2. The molecular formula is C36H83Cl2N3O3P2. The van der Waals surface area contributed by atoms with E-state index in [4.69, 9.17) is 36.6 Å². The molecule has 0 aromatic carbocycles. The van der Waals surface area contributed by atoms with Gasteiger partial charge < -0.3 is 19.5 Å². The summed E-state index contributed by atoms with van der Waals surface area (Å²) >= 11 is 11.6. The third kappa shape index (κ3) is 39.6. The molecule has 2 N–H and O–H groups in total. The lowest BCUT2D eigenvalue weighted by atomic mass is 10.2. The predicted octanol–water partition coefficient (Wildman–Crippen LogP) is 13.3. The number of aliphatic hydroxyl groups excluding tert-OH is 1. The molecule has 0 aliphatic carbocycles. The Bertz CT molecular complexity index is 526. The van der Waals surface area contributed by atoms with Crippen LogP contribution in [0.15, 0.2) is 0 Å². The lowest BCUT2D eigenvalue weighted by Crippen LogP contribution is -2.33. The van der Waals surface area contributed by atoms with E-state index in [1.165, 1.54) is 57.8 Å². The standard InChI is InChI=1S/C18H40NO2P.C6H14Cl2NP.C6H15N.C6H14O/c1-7-9-11-13-15-20-22(19(17(3)4)18(5)6)21-16-14-12-10-8-2;1-5(2)9(6(3)4)10(7)8;1-5(2)7-6(3)4;1-2-3-4-5-6-7/h17-18H,7-16H2,1-6H3;5-6H,1-4H3;5-7H,1-4H3;7H,2-6H2,1H3. The summed E-state index contributed by atoms with van der Waals surface area (Å²) in [7, 11) is -0.911. The average Bonchev–Trinajstić information content (AvgIpc) is 2.92. The van der Waals surface area contributed by atoms with Crippen molar-refractivity contribution in [2.45, 2.75) is 217 Å². The van der Waals surface area contributed by atoms with Gasteiger partial charge in [0.05, 0.1) is 13.2 Å². The molecule has 284 valence electrons. The first kappa shape index (κ1) is 54.0. The van der Waals surface area contributed by atoms with Gasteiger partial charge >= 0.3 is 0 Å². The Balaban J connectivity index is -0.000000301. The Morgan fingerprint density at radius 1 is 0.522 bits per heavy atom. The topological polar surface area (TPSA) is 57.2 Å². The summed E-state index contributed by atoms with van der Waals surface area (Å²) in [6, 6.07) is 3.03. The molecule has 0 aliphatic rings. The number of unbranched alkanes of at least 4 members (excludes halogenated alkanes) is 9. The van der Waals surface area contributed by atoms with Crippen LogP contribution in [0, 0.1) is 0 Å². The Kier molecular flexibility index (Phi) is 45.8. The van der Waals surface area contributed by atoms with Crippen LogP contribution in [0.2, 0.25) is 0 Å². The molecule has 0 spiro atoms. The van der Waals surface area contributed by atoms with E-state index >= 15 is 0 Å². The Morgan fingerprint density at radius 2 is 0.848 bits per heavy atom. The summed E-state index contributed by atoms with van der Waals surface area (Å²) in [5, 5.41) is 11.6. The molecule has 0 unspecified atom stereocenters. The molecule has 0 aliphatic heterocycles. The maximum atomic E-state index is 8.29. The summed E-state index contributed by atoms with van der Waals surface area (Å²) in [5.41, 5.74) is 0. The molecule has 0 heterocycles. The fourth-order valence-corrected chi connectivity index (χ4v) is 9.10. The number of hydrogen-bond donors (Lipinski definition) is 2. The third-order valence-electron chi connectivity index (χ3n) is 6.56. The smallest absolute Gasteiger partial charge is 0.259 e. The van der Waals surface area contributed by atoms with Gasteiger partial charge in [-0.1, -0.05) is 129 Å². The van der Waals surface area contributed by atoms with Crippen LogP contribution in [0.3, 0.4) is 0 Å². The zero-order valence-electron chi connectivity index (χ0n) is 33.4. The van der Waals surface area contributed by atoms with E-state index < -0.39 is 15.3 Å². The molecule has 6 nitrogen and oxygen atoms in total. The SMILES string of the molecule is CC(C)N(C(C)C)P(Cl)Cl.CC(C)NC(C)C.CCCCCCO.CCCCCCOP(OCCCCCC)N(C(C)C)C(C)C. The zero-order valence-corrected chi connectivity index (χ0v) is 36.7. The minimum atomic E-state index is -0.965. The first-order valence-electron chi connectivity index (χ1n) is 18.7. The molecule has 0 radical (unpaired) electrons. The lowest BCUT2D eigenvalue weighted by Gasteiger charge is -2.35. The molecule has 0 bridgehead atoms. The second-order valence-corrected chi connectivity index (χ2v) is 18.4. The molecule has 0 atom stereocenters. The minimum Gasteiger partial charge on any atom is -0.396 e. The lowest BCUT2D eigenvalue weighted by molar-refractivity contribution is 0.170. The van der Waals surface area contributed by atoms with Crippen molar-refractivity contribution < 1.29 is 14.2 Å². The Hall–Kier alpha value is 1.20. The Morgan fingerprint density at radius 3 is 1.04 bits per heavy atom. The van der Waals surface area contributed by atoms with Crippen molar-refractivity contribution in [1.29, 1.82) is 0 Å². The van der Waals surface area contributed by atoms with Crippen LogP contribution in [-0.2, 0) is 9.05 Å². The van der Waals surface area contributed by atoms with E-state index in [0.717, 1.165) is 32.5 Å². The van der Waals surface area contributed by atoms with Gasteiger partial charge in [-0.05, 0) is 74.7 Å². The second kappa shape index (κ2) is 39.0. The van der Waals surface area contributed by atoms with Crippen LogP contribution in [-0.4, -0.2) is 70.5 Å². The van der Waals surface area contributed by atoms with Gasteiger partial charge in [-0.2, -0.15) is 0 Å². The number of hydrogen-bond acceptors (Lipinski definition) is 6. The summed E-state index contributed by atoms with van der Waals surface area (Å²) in [4.78, 5) is 0. The number of nitrogens with one attached hydrogen (secondary N) is 1. The van der Waals surface area contributed by atoms with Crippen molar-refractivity contribution in [1.82, 2.24) is 14.7 Å². The van der Waals surface area contributed by atoms with Gasteiger partial charge in [0, 0.05) is 42.9 Å². The molecule has 46 heavy (non-hydrogen) atoms. The summed E-state index contributed by atoms with van der Waals surface area (Å²) in [6.45, 7) is 33.6. The first-order chi connectivity index (χ1) is 21.5. The van der Waals surface area contributed by atoms with Gasteiger partial charge in [0.15, 0.2) is 6.78 Å². The maximum Gasteiger partial charge on any atom is 0.259 e. The van der Waals surface area contributed by atoms with E-state index in [-0.39, 0.29) is 0 Å². The van der Waals surface area contributed by atoms with Crippen molar-refractivity contribution in [3.63, 3.8) is 0 Å². The Labute approximate surface area is 302 Å². The molecule has 0 fully saturated rings. The van der Waals surface area contributed by atoms with Crippen molar-refractivity contribution in [3.05, 3.63) is 0 Å². The van der Waals surface area contributed by atoms with Gasteiger partial charge in [-0.15, -0.1) is 0 Å². The highest BCUT2D eigenvalue weighted by molar-refractivity contribution is 8.02. The largest absolute Gasteiger partial charge is 0.396 e. The van der Waals surface area contributed by atoms with E-state index in [1.807, 2.05) is 0 Å². The number of halogens is 2. The molecule has 10 heteroatoms. The zero-order chi connectivity index (χ0) is 36.5. The van der Waals surface area contributed by atoms with E-state index in [1.54, 1.807) is 0 Å². The van der Waals surface area contributed by atoms with Crippen LogP contribution in [0.4, 0.5) is 0 Å². The van der Waals surface area contributed by atoms with Gasteiger partial charge in [-0.3, -0.25) is 4.67 Å². The van der Waals surface area contributed by atoms with Crippen molar-refractivity contribution >= 4 is 37.8 Å². The van der Waals surface area contributed by atoms with Crippen LogP contribution in [0.25, 0.3) is 0 Å². The fourth-order valence-electron chi connectivity index (χ4n) is 4.64. The molecule has 0 rings (SSSR count). The molecular weight excluding hydrogens is 655 g/mol. The molecule has 0 saturated carbocycles. The molecule has 0 aromatic heterocycles. The third-order valence-corrected chi connectivity index (χ3v) is 11.0. The van der Waals surface area contributed by atoms with Crippen molar-refractivity contribution in [3.8, 4) is 0 Å². The van der Waals surface area contributed by atoms with Gasteiger partial charge in [0.1, 0.15) is 0 Å². The quantitative estimate of drug-likeness (QED) is 0.0760. The predicted molar refractivity (Wildman–Crippen MR) is 215 cm³/mol. The van der Waals surface area contributed by atoms with Gasteiger partial charge in [-0.25, -0.2) is 4.67 Å². The van der Waals surface area contributed by atoms with E-state index in [2.05, 4.69) is 119 Å². The van der Waals surface area contributed by atoms with E-state index in [0.29, 0.717) is 42.9 Å². The first-order valence-corrected chi connectivity index (χ1v) is 22.9. The van der Waals surface area contributed by atoms with Crippen LogP contribution >= 0.6 is 37.8 Å². The van der Waals surface area contributed by atoms with Crippen molar-refractivity contribution in [2.75, 3.05) is 19.8 Å². The summed E-state index contributed by atoms with van der Waals surface area (Å²) in [5.74, 6) is 0. The monoisotopic (exact) mass is 738 g/mol. The molecule has 0 aromatic rings. The molecule has 0 saturated heterocycles. The fraction of sp³-hybridized carbons (Fsp3) is 1.00. The normalized spacial score (nSPS) is 11.7. The minimum absolute atomic E-state index is 0.361. The maximum absolute atomic E-state index is 8.29. The number of aliphatic hydroxyl groups is 1. The van der Waals surface area contributed by atoms with Crippen LogP contribution in [0.5, 0.6) is 0 Å². The van der Waals surface area contributed by atoms with Crippen LogP contribution in [0.1, 0.15) is 181 Å². The van der Waals surface area contributed by atoms with Crippen LogP contribution < -0.4 is 5.32 Å². The highest BCUT2D eigenvalue weighted by atomic mass is 35.9. The van der Waals surface area contributed by atoms with Gasteiger partial charge in [0.2, 0.25) is 0 Å². The van der Waals surface area contributed by atoms with Gasteiger partial charge in [0.25, 0.3) is 8.53 Å². The second-order valence-electron chi connectivity index (χ2n) is 13.6. The number of rotatable bonds is 24. The highest BCUT2D eigenvalue weighted by Gasteiger charge is 2.26. The molecule has 0 amide bonds. The van der Waals surface area contributed by atoms with Crippen molar-refractivity contribution in [2.24, 2.45) is 0 Å². The summed E-state index contributed by atoms with van der Waals surface area (Å²) < 4.78 is 16.8. The summed E-state index contributed by atoms with van der Waals surface area (Å²) in [6.07, 6.45) is 14.7. The average molecular weight is 739 g/mol.